The van der Waals surface area contributed by atoms with Crippen molar-refractivity contribution in [1.29, 1.82) is 0 Å². The highest BCUT2D eigenvalue weighted by Crippen LogP contribution is 2.24. The number of anilines is 1. The Morgan fingerprint density at radius 1 is 1.31 bits per heavy atom. The zero-order valence-electron chi connectivity index (χ0n) is 10.2. The van der Waals surface area contributed by atoms with Crippen LogP contribution in [0.15, 0.2) is 30.3 Å². The SMILES string of the molecule is CCNCCC1CCN(c2ccccc2)C1. The monoisotopic (exact) mass is 218 g/mol. The Morgan fingerprint density at radius 3 is 2.88 bits per heavy atom. The molecule has 0 aromatic heterocycles. The quantitative estimate of drug-likeness (QED) is 0.764. The van der Waals surface area contributed by atoms with Crippen molar-refractivity contribution >= 4 is 5.69 Å². The molecule has 0 aliphatic carbocycles. The molecule has 1 unspecified atom stereocenters. The molecule has 0 saturated carbocycles. The molecule has 1 N–H and O–H groups in total. The van der Waals surface area contributed by atoms with E-state index >= 15 is 0 Å². The number of nitrogens with one attached hydrogen (secondary N) is 1. The lowest BCUT2D eigenvalue weighted by atomic mass is 10.1. The molecule has 0 spiro atoms. The van der Waals surface area contributed by atoms with Gasteiger partial charge >= 0.3 is 0 Å². The summed E-state index contributed by atoms with van der Waals surface area (Å²) in [5.74, 6) is 0.874. The third kappa shape index (κ3) is 2.99. The Labute approximate surface area is 98.7 Å². The Hall–Kier alpha value is -1.02. The lowest BCUT2D eigenvalue weighted by Crippen LogP contribution is -2.22. The summed E-state index contributed by atoms with van der Waals surface area (Å²) in [4.78, 5) is 2.51. The highest BCUT2D eigenvalue weighted by atomic mass is 15.1. The van der Waals surface area contributed by atoms with Crippen LogP contribution in [0, 0.1) is 5.92 Å². The molecule has 16 heavy (non-hydrogen) atoms. The van der Waals surface area contributed by atoms with E-state index in [0.717, 1.165) is 12.5 Å². The van der Waals surface area contributed by atoms with E-state index in [9.17, 15) is 0 Å². The molecule has 1 heterocycles. The molecular formula is C14H22N2. The minimum absolute atomic E-state index is 0.874. The van der Waals surface area contributed by atoms with Crippen LogP contribution in [0.5, 0.6) is 0 Å². The maximum atomic E-state index is 3.41. The van der Waals surface area contributed by atoms with Crippen LogP contribution < -0.4 is 10.2 Å². The summed E-state index contributed by atoms with van der Waals surface area (Å²) in [5, 5.41) is 3.41. The Morgan fingerprint density at radius 2 is 2.12 bits per heavy atom. The first-order valence-corrected chi connectivity index (χ1v) is 6.41. The molecular weight excluding hydrogens is 196 g/mol. The fourth-order valence-corrected chi connectivity index (χ4v) is 2.42. The van der Waals surface area contributed by atoms with Crippen molar-refractivity contribution < 1.29 is 0 Å². The molecule has 88 valence electrons. The van der Waals surface area contributed by atoms with Gasteiger partial charge in [0.1, 0.15) is 0 Å². The molecule has 0 bridgehead atoms. The van der Waals surface area contributed by atoms with Gasteiger partial charge in [0, 0.05) is 18.8 Å². The van der Waals surface area contributed by atoms with Gasteiger partial charge in [-0.1, -0.05) is 25.1 Å². The Bertz CT molecular complexity index is 297. The predicted molar refractivity (Wildman–Crippen MR) is 69.9 cm³/mol. The summed E-state index contributed by atoms with van der Waals surface area (Å²) in [6.45, 7) is 6.89. The average molecular weight is 218 g/mol. The Balaban J connectivity index is 1.79. The van der Waals surface area contributed by atoms with Crippen LogP contribution in [-0.2, 0) is 0 Å². The smallest absolute Gasteiger partial charge is 0.0366 e. The van der Waals surface area contributed by atoms with Crippen LogP contribution in [-0.4, -0.2) is 26.2 Å². The minimum atomic E-state index is 0.874. The summed E-state index contributed by atoms with van der Waals surface area (Å²) in [7, 11) is 0. The molecule has 1 fully saturated rings. The van der Waals surface area contributed by atoms with Gasteiger partial charge in [0.15, 0.2) is 0 Å². The number of benzene rings is 1. The zero-order chi connectivity index (χ0) is 11.2. The molecule has 1 atom stereocenters. The van der Waals surface area contributed by atoms with Crippen molar-refractivity contribution in [3.8, 4) is 0 Å². The first kappa shape index (κ1) is 11.5. The molecule has 0 radical (unpaired) electrons. The van der Waals surface area contributed by atoms with Crippen molar-refractivity contribution in [2.45, 2.75) is 19.8 Å². The van der Waals surface area contributed by atoms with Gasteiger partial charge < -0.3 is 10.2 Å². The lowest BCUT2D eigenvalue weighted by molar-refractivity contribution is 0.510. The van der Waals surface area contributed by atoms with E-state index in [1.165, 1.54) is 38.2 Å². The molecule has 1 aliphatic heterocycles. The van der Waals surface area contributed by atoms with Crippen molar-refractivity contribution in [2.24, 2.45) is 5.92 Å². The van der Waals surface area contributed by atoms with Gasteiger partial charge in [-0.25, -0.2) is 0 Å². The Kier molecular flexibility index (Phi) is 4.23. The van der Waals surface area contributed by atoms with Gasteiger partial charge in [0.25, 0.3) is 0 Å². The third-order valence-corrected chi connectivity index (χ3v) is 3.39. The van der Waals surface area contributed by atoms with Gasteiger partial charge in [-0.2, -0.15) is 0 Å². The second kappa shape index (κ2) is 5.90. The first-order chi connectivity index (χ1) is 7.90. The highest BCUT2D eigenvalue weighted by Gasteiger charge is 2.21. The summed E-state index contributed by atoms with van der Waals surface area (Å²) >= 11 is 0. The standard InChI is InChI=1S/C14H22N2/c1-2-15-10-8-13-9-11-16(12-13)14-6-4-3-5-7-14/h3-7,13,15H,2,8-12H2,1H3. The molecule has 0 amide bonds. The van der Waals surface area contributed by atoms with E-state index in [1.54, 1.807) is 0 Å². The average Bonchev–Trinajstić information content (AvgIpc) is 2.79. The van der Waals surface area contributed by atoms with Gasteiger partial charge in [-0.15, -0.1) is 0 Å². The van der Waals surface area contributed by atoms with Crippen molar-refractivity contribution in [1.82, 2.24) is 5.32 Å². The number of hydrogen-bond donors (Lipinski definition) is 1. The molecule has 1 aliphatic rings. The van der Waals surface area contributed by atoms with Crippen LogP contribution in [0.4, 0.5) is 5.69 Å². The van der Waals surface area contributed by atoms with Crippen molar-refractivity contribution in [2.75, 3.05) is 31.1 Å². The molecule has 1 aromatic rings. The molecule has 2 nitrogen and oxygen atoms in total. The van der Waals surface area contributed by atoms with E-state index in [2.05, 4.69) is 47.5 Å². The number of para-hydroxylation sites is 1. The fourth-order valence-electron chi connectivity index (χ4n) is 2.42. The summed E-state index contributed by atoms with van der Waals surface area (Å²) in [6, 6.07) is 10.8. The van der Waals surface area contributed by atoms with E-state index in [4.69, 9.17) is 0 Å². The van der Waals surface area contributed by atoms with Crippen molar-refractivity contribution in [3.05, 3.63) is 30.3 Å². The summed E-state index contributed by atoms with van der Waals surface area (Å²) in [5.41, 5.74) is 1.38. The van der Waals surface area contributed by atoms with Gasteiger partial charge in [-0.05, 0) is 44.0 Å². The maximum Gasteiger partial charge on any atom is 0.0366 e. The van der Waals surface area contributed by atoms with Crippen LogP contribution in [0.3, 0.4) is 0 Å². The summed E-state index contributed by atoms with van der Waals surface area (Å²) < 4.78 is 0. The van der Waals surface area contributed by atoms with Gasteiger partial charge in [0.05, 0.1) is 0 Å². The first-order valence-electron chi connectivity index (χ1n) is 6.41. The van der Waals surface area contributed by atoms with E-state index in [-0.39, 0.29) is 0 Å². The second-order valence-electron chi connectivity index (χ2n) is 4.58. The minimum Gasteiger partial charge on any atom is -0.371 e. The van der Waals surface area contributed by atoms with E-state index in [1.807, 2.05) is 0 Å². The van der Waals surface area contributed by atoms with Crippen LogP contribution in [0.2, 0.25) is 0 Å². The van der Waals surface area contributed by atoms with Gasteiger partial charge in [-0.3, -0.25) is 0 Å². The molecule has 1 aromatic carbocycles. The van der Waals surface area contributed by atoms with Crippen LogP contribution >= 0.6 is 0 Å². The maximum absolute atomic E-state index is 3.41. The zero-order valence-corrected chi connectivity index (χ0v) is 10.2. The van der Waals surface area contributed by atoms with E-state index in [0.29, 0.717) is 0 Å². The molecule has 1 saturated heterocycles. The summed E-state index contributed by atoms with van der Waals surface area (Å²) in [6.07, 6.45) is 2.66. The number of hydrogen-bond acceptors (Lipinski definition) is 2. The molecule has 2 heteroatoms. The third-order valence-electron chi connectivity index (χ3n) is 3.39. The predicted octanol–water partition coefficient (Wildman–Crippen LogP) is 2.51. The van der Waals surface area contributed by atoms with E-state index < -0.39 is 0 Å². The fraction of sp³-hybridized carbons (Fsp3) is 0.571. The normalized spacial score (nSPS) is 20.3. The number of nitrogens with zero attached hydrogens (tertiary/aromatic N) is 1. The highest BCUT2D eigenvalue weighted by molar-refractivity contribution is 5.46. The van der Waals surface area contributed by atoms with Crippen LogP contribution in [0.25, 0.3) is 0 Å². The van der Waals surface area contributed by atoms with Crippen LogP contribution in [0.1, 0.15) is 19.8 Å². The van der Waals surface area contributed by atoms with Gasteiger partial charge in [0.2, 0.25) is 0 Å². The largest absolute Gasteiger partial charge is 0.371 e. The topological polar surface area (TPSA) is 15.3 Å². The second-order valence-corrected chi connectivity index (χ2v) is 4.58. The number of rotatable bonds is 5. The molecule has 2 rings (SSSR count). The lowest BCUT2D eigenvalue weighted by Gasteiger charge is -2.18. The van der Waals surface area contributed by atoms with Crippen molar-refractivity contribution in [3.63, 3.8) is 0 Å².